The minimum atomic E-state index is -0.706. The van der Waals surface area contributed by atoms with Crippen LogP contribution in [0.1, 0.15) is 20.8 Å². The van der Waals surface area contributed by atoms with Crippen LogP contribution in [0.2, 0.25) is 0 Å². The Hall–Kier alpha value is -3.30. The normalized spacial score (nSPS) is 10.7. The van der Waals surface area contributed by atoms with Crippen LogP contribution in [-0.2, 0) is 0 Å². The fraction of sp³-hybridized carbons (Fsp3) is 0. The number of pyridine rings is 1. The monoisotopic (exact) mass is 395 g/mol. The lowest BCUT2D eigenvalue weighted by Crippen LogP contribution is -2.17. The number of hydrogen-bond acceptors (Lipinski definition) is 7. The Morgan fingerprint density at radius 2 is 2.04 bits per heavy atom. The Balaban J connectivity index is 1.61. The van der Waals surface area contributed by atoms with Crippen LogP contribution in [0.15, 0.2) is 53.4 Å². The molecular weight excluding hydrogens is 382 g/mol. The van der Waals surface area contributed by atoms with Gasteiger partial charge in [0, 0.05) is 22.7 Å². The van der Waals surface area contributed by atoms with Crippen molar-refractivity contribution < 1.29 is 9.59 Å². The zero-order chi connectivity index (χ0) is 18.8. The molecule has 4 N–H and O–H groups in total. The molecule has 2 amide bonds. The van der Waals surface area contributed by atoms with Crippen molar-refractivity contribution >= 4 is 61.2 Å². The maximum atomic E-state index is 12.3. The van der Waals surface area contributed by atoms with E-state index in [-0.39, 0.29) is 11.6 Å². The van der Waals surface area contributed by atoms with Crippen LogP contribution in [0.3, 0.4) is 0 Å². The lowest BCUT2D eigenvalue weighted by Gasteiger charge is -2.04. The number of benzene rings is 1. The second-order valence-electron chi connectivity index (χ2n) is 5.56. The van der Waals surface area contributed by atoms with Crippen LogP contribution in [0, 0.1) is 0 Å². The molecule has 27 heavy (non-hydrogen) atoms. The van der Waals surface area contributed by atoms with E-state index in [1.165, 1.54) is 11.3 Å². The Bertz CT molecular complexity index is 1140. The number of primary amides is 1. The van der Waals surface area contributed by atoms with Crippen molar-refractivity contribution in [2.75, 3.05) is 10.6 Å². The number of carbonyl (C=O) groups excluding carboxylic acids is 2. The summed E-state index contributed by atoms with van der Waals surface area (Å²) < 4.78 is 0. The summed E-state index contributed by atoms with van der Waals surface area (Å²) in [6, 6.07) is 11.2. The number of rotatable bonds is 5. The number of carbonyl (C=O) groups is 2. The van der Waals surface area contributed by atoms with Crippen LogP contribution in [-0.4, -0.2) is 21.8 Å². The predicted octanol–water partition coefficient (Wildman–Crippen LogP) is 3.85. The zero-order valence-electron chi connectivity index (χ0n) is 13.8. The van der Waals surface area contributed by atoms with Gasteiger partial charge in [-0.25, -0.2) is 4.98 Å². The lowest BCUT2D eigenvalue weighted by atomic mass is 10.2. The highest BCUT2D eigenvalue weighted by Gasteiger charge is 2.19. The van der Waals surface area contributed by atoms with Gasteiger partial charge in [0.15, 0.2) is 10.8 Å². The van der Waals surface area contributed by atoms with Gasteiger partial charge in [0.25, 0.3) is 11.8 Å². The highest BCUT2D eigenvalue weighted by molar-refractivity contribution is 7.20. The number of aromatic nitrogens is 2. The van der Waals surface area contributed by atoms with E-state index in [0.29, 0.717) is 15.7 Å². The van der Waals surface area contributed by atoms with Crippen molar-refractivity contribution in [2.45, 2.75) is 0 Å². The minimum absolute atomic E-state index is 0.0218. The first kappa shape index (κ1) is 17.1. The molecule has 0 spiro atoms. The number of amides is 2. The molecule has 3 heterocycles. The third-order valence-electron chi connectivity index (χ3n) is 3.73. The summed E-state index contributed by atoms with van der Waals surface area (Å²) in [5.41, 5.74) is 7.61. The van der Waals surface area contributed by atoms with Gasteiger partial charge in [-0.2, -0.15) is 11.3 Å². The molecule has 134 valence electrons. The molecule has 9 heteroatoms. The van der Waals surface area contributed by atoms with Gasteiger partial charge >= 0.3 is 0 Å². The number of nitrogens with one attached hydrogen (secondary N) is 2. The van der Waals surface area contributed by atoms with E-state index in [4.69, 9.17) is 5.73 Å². The molecule has 0 unspecified atom stereocenters. The van der Waals surface area contributed by atoms with Gasteiger partial charge in [-0.15, -0.1) is 0 Å². The van der Waals surface area contributed by atoms with Crippen LogP contribution in [0.5, 0.6) is 0 Å². The smallest absolute Gasteiger partial charge is 0.270 e. The standard InChI is InChI=1S/C18H13N5O2S2/c19-15(24)14-17(23-16(25)11-5-7-26-9-11)27-18(22-14)21-12-3-4-13-10(8-12)2-1-6-20-13/h1-9H,(H2,19,24)(H,21,22)(H,23,25). The highest BCUT2D eigenvalue weighted by Crippen LogP contribution is 2.31. The number of nitrogens with zero attached hydrogens (tertiary/aromatic N) is 2. The fourth-order valence-corrected chi connectivity index (χ4v) is 3.99. The molecule has 0 aliphatic carbocycles. The Kier molecular flexibility index (Phi) is 4.53. The SMILES string of the molecule is NC(=O)c1nc(Nc2ccc3ncccc3c2)sc1NC(=O)c1ccsc1. The number of anilines is 3. The van der Waals surface area contributed by atoms with E-state index in [9.17, 15) is 9.59 Å². The van der Waals surface area contributed by atoms with E-state index in [0.717, 1.165) is 27.9 Å². The lowest BCUT2D eigenvalue weighted by molar-refractivity contribution is 0.0997. The Labute approximate surface area is 161 Å². The third-order valence-corrected chi connectivity index (χ3v) is 5.29. The summed E-state index contributed by atoms with van der Waals surface area (Å²) in [7, 11) is 0. The van der Waals surface area contributed by atoms with Crippen molar-refractivity contribution in [3.05, 3.63) is 64.6 Å². The average molecular weight is 395 g/mol. The first-order chi connectivity index (χ1) is 13.1. The molecule has 0 bridgehead atoms. The second kappa shape index (κ2) is 7.14. The summed E-state index contributed by atoms with van der Waals surface area (Å²) in [5.74, 6) is -1.02. The van der Waals surface area contributed by atoms with E-state index in [1.807, 2.05) is 30.3 Å². The quantitative estimate of drug-likeness (QED) is 0.475. The first-order valence-electron chi connectivity index (χ1n) is 7.86. The van der Waals surface area contributed by atoms with Gasteiger partial charge < -0.3 is 16.4 Å². The molecular formula is C18H13N5O2S2. The zero-order valence-corrected chi connectivity index (χ0v) is 15.4. The van der Waals surface area contributed by atoms with Gasteiger partial charge in [0.2, 0.25) is 0 Å². The van der Waals surface area contributed by atoms with Gasteiger partial charge in [-0.1, -0.05) is 17.4 Å². The van der Waals surface area contributed by atoms with E-state index < -0.39 is 5.91 Å². The van der Waals surface area contributed by atoms with Crippen molar-refractivity contribution in [2.24, 2.45) is 5.73 Å². The Morgan fingerprint density at radius 3 is 2.81 bits per heavy atom. The molecule has 0 aliphatic rings. The number of fused-ring (bicyclic) bond motifs is 1. The van der Waals surface area contributed by atoms with Gasteiger partial charge in [-0.3, -0.25) is 14.6 Å². The molecule has 3 aromatic heterocycles. The van der Waals surface area contributed by atoms with Gasteiger partial charge in [0.1, 0.15) is 5.00 Å². The van der Waals surface area contributed by atoms with Gasteiger partial charge in [-0.05, 0) is 35.7 Å². The third kappa shape index (κ3) is 3.64. The van der Waals surface area contributed by atoms with Crippen molar-refractivity contribution in [3.8, 4) is 0 Å². The molecule has 4 aromatic rings. The molecule has 7 nitrogen and oxygen atoms in total. The van der Waals surface area contributed by atoms with Crippen LogP contribution < -0.4 is 16.4 Å². The van der Waals surface area contributed by atoms with E-state index in [1.54, 1.807) is 23.0 Å². The molecule has 0 fully saturated rings. The van der Waals surface area contributed by atoms with Crippen LogP contribution >= 0.6 is 22.7 Å². The summed E-state index contributed by atoms with van der Waals surface area (Å²) >= 11 is 2.56. The van der Waals surface area contributed by atoms with Crippen LogP contribution in [0.4, 0.5) is 15.8 Å². The topological polar surface area (TPSA) is 110 Å². The first-order valence-corrected chi connectivity index (χ1v) is 9.62. The molecule has 0 saturated carbocycles. The van der Waals surface area contributed by atoms with E-state index in [2.05, 4.69) is 20.6 Å². The molecule has 0 saturated heterocycles. The summed E-state index contributed by atoms with van der Waals surface area (Å²) in [6.45, 7) is 0. The molecule has 0 aliphatic heterocycles. The fourth-order valence-electron chi connectivity index (χ4n) is 2.47. The second-order valence-corrected chi connectivity index (χ2v) is 7.34. The number of thiophene rings is 1. The highest BCUT2D eigenvalue weighted by atomic mass is 32.1. The maximum Gasteiger partial charge on any atom is 0.270 e. The van der Waals surface area contributed by atoms with Crippen molar-refractivity contribution in [1.29, 1.82) is 0 Å². The minimum Gasteiger partial charge on any atom is -0.364 e. The maximum absolute atomic E-state index is 12.3. The largest absolute Gasteiger partial charge is 0.364 e. The summed E-state index contributed by atoms with van der Waals surface area (Å²) in [5, 5.41) is 11.1. The predicted molar refractivity (Wildman–Crippen MR) is 108 cm³/mol. The average Bonchev–Trinajstić information content (AvgIpc) is 3.32. The molecule has 0 atom stereocenters. The molecule has 0 radical (unpaired) electrons. The summed E-state index contributed by atoms with van der Waals surface area (Å²) in [6.07, 6.45) is 1.73. The van der Waals surface area contributed by atoms with Crippen molar-refractivity contribution in [3.63, 3.8) is 0 Å². The van der Waals surface area contributed by atoms with Crippen LogP contribution in [0.25, 0.3) is 10.9 Å². The summed E-state index contributed by atoms with van der Waals surface area (Å²) in [4.78, 5) is 32.5. The number of thiazole rings is 1. The molecule has 4 rings (SSSR count). The number of hydrogen-bond donors (Lipinski definition) is 3. The van der Waals surface area contributed by atoms with Crippen molar-refractivity contribution in [1.82, 2.24) is 9.97 Å². The molecule has 1 aromatic carbocycles. The number of nitrogens with two attached hydrogens (primary N) is 1. The van der Waals surface area contributed by atoms with Gasteiger partial charge in [0.05, 0.1) is 11.1 Å². The van der Waals surface area contributed by atoms with E-state index >= 15 is 0 Å². The Morgan fingerprint density at radius 1 is 1.15 bits per heavy atom.